The predicted molar refractivity (Wildman–Crippen MR) is 138 cm³/mol. The van der Waals surface area contributed by atoms with Gasteiger partial charge in [-0.1, -0.05) is 49.1 Å². The molecule has 0 radical (unpaired) electrons. The Labute approximate surface area is 204 Å². The molecule has 5 heteroatoms. The molecular formula is C29H40N2O3. The first-order valence-electron chi connectivity index (χ1n) is 13.0. The van der Waals surface area contributed by atoms with E-state index in [4.69, 9.17) is 4.74 Å². The SMILES string of the molecule is Cc1ccc(NC2CCN(CCC3(CCOc4ccccc4C(=O)O)CCCCC3)CC2)cc1. The lowest BCUT2D eigenvalue weighted by Crippen LogP contribution is -2.41. The number of ether oxygens (including phenoxy) is 1. The van der Waals surface area contributed by atoms with Gasteiger partial charge in [-0.05, 0) is 81.7 Å². The standard InChI is InChI=1S/C29H40N2O3/c1-23-9-11-24(12-10-23)30-25-13-19-31(20-14-25)21-17-29(15-5-2-6-16-29)18-22-34-27-8-4-3-7-26(27)28(32)33/h3-4,7-12,25,30H,2,5-6,13-22H2,1H3,(H,32,33). The molecule has 1 aliphatic carbocycles. The van der Waals surface area contributed by atoms with Gasteiger partial charge in [-0.3, -0.25) is 0 Å². The number of rotatable bonds is 10. The number of para-hydroxylation sites is 1. The minimum absolute atomic E-state index is 0.252. The maximum absolute atomic E-state index is 11.5. The molecule has 34 heavy (non-hydrogen) atoms. The van der Waals surface area contributed by atoms with Crippen molar-refractivity contribution in [1.82, 2.24) is 4.90 Å². The van der Waals surface area contributed by atoms with E-state index in [1.165, 1.54) is 62.6 Å². The third kappa shape index (κ3) is 6.75. The molecule has 2 aromatic rings. The number of benzene rings is 2. The molecule has 0 aromatic heterocycles. The topological polar surface area (TPSA) is 61.8 Å². The number of hydrogen-bond acceptors (Lipinski definition) is 4. The molecule has 0 unspecified atom stereocenters. The van der Waals surface area contributed by atoms with Gasteiger partial charge in [0, 0.05) is 24.8 Å². The molecule has 5 nitrogen and oxygen atoms in total. The van der Waals surface area contributed by atoms with Crippen molar-refractivity contribution in [2.75, 3.05) is 31.6 Å². The molecule has 0 atom stereocenters. The van der Waals surface area contributed by atoms with Crippen LogP contribution in [0.15, 0.2) is 48.5 Å². The number of anilines is 1. The summed E-state index contributed by atoms with van der Waals surface area (Å²) in [6.07, 6.45) is 11.1. The van der Waals surface area contributed by atoms with Crippen molar-refractivity contribution < 1.29 is 14.6 Å². The number of hydrogen-bond donors (Lipinski definition) is 2. The van der Waals surface area contributed by atoms with Gasteiger partial charge in [-0.25, -0.2) is 4.79 Å². The van der Waals surface area contributed by atoms with E-state index < -0.39 is 5.97 Å². The van der Waals surface area contributed by atoms with Crippen molar-refractivity contribution in [3.8, 4) is 5.75 Å². The predicted octanol–water partition coefficient (Wildman–Crippen LogP) is 6.38. The van der Waals surface area contributed by atoms with Crippen LogP contribution in [-0.4, -0.2) is 48.3 Å². The Morgan fingerprint density at radius 1 is 1.03 bits per heavy atom. The average Bonchev–Trinajstić information content (AvgIpc) is 2.86. The van der Waals surface area contributed by atoms with Crippen molar-refractivity contribution in [1.29, 1.82) is 0 Å². The van der Waals surface area contributed by atoms with Gasteiger partial charge in [0.25, 0.3) is 0 Å². The molecule has 2 fully saturated rings. The van der Waals surface area contributed by atoms with Crippen LogP contribution < -0.4 is 10.1 Å². The highest BCUT2D eigenvalue weighted by Gasteiger charge is 2.33. The molecule has 0 spiro atoms. The van der Waals surface area contributed by atoms with Crippen molar-refractivity contribution in [3.63, 3.8) is 0 Å². The summed E-state index contributed by atoms with van der Waals surface area (Å²) < 4.78 is 5.99. The van der Waals surface area contributed by atoms with Crippen LogP contribution in [0.4, 0.5) is 5.69 Å². The normalized spacial score (nSPS) is 19.0. The molecular weight excluding hydrogens is 424 g/mol. The molecule has 2 aromatic carbocycles. The van der Waals surface area contributed by atoms with E-state index in [1.807, 2.05) is 6.07 Å². The number of aryl methyl sites for hydroxylation is 1. The Kier molecular flexibility index (Phi) is 8.49. The van der Waals surface area contributed by atoms with Crippen LogP contribution in [0.3, 0.4) is 0 Å². The lowest BCUT2D eigenvalue weighted by molar-refractivity contribution is 0.0688. The second-order valence-corrected chi connectivity index (χ2v) is 10.3. The number of piperidine rings is 1. The molecule has 1 heterocycles. The summed E-state index contributed by atoms with van der Waals surface area (Å²) >= 11 is 0. The first-order valence-corrected chi connectivity index (χ1v) is 13.0. The number of nitrogens with one attached hydrogen (secondary N) is 1. The van der Waals surface area contributed by atoms with E-state index in [9.17, 15) is 9.90 Å². The van der Waals surface area contributed by atoms with E-state index in [0.29, 0.717) is 23.8 Å². The highest BCUT2D eigenvalue weighted by molar-refractivity contribution is 5.90. The Balaban J connectivity index is 1.25. The second kappa shape index (κ2) is 11.7. The Morgan fingerprint density at radius 2 is 1.74 bits per heavy atom. The fraction of sp³-hybridized carbons (Fsp3) is 0.552. The quantitative estimate of drug-likeness (QED) is 0.427. The van der Waals surface area contributed by atoms with Crippen molar-refractivity contribution >= 4 is 11.7 Å². The largest absolute Gasteiger partial charge is 0.493 e. The molecule has 0 bridgehead atoms. The van der Waals surface area contributed by atoms with E-state index in [0.717, 1.165) is 26.1 Å². The van der Waals surface area contributed by atoms with Crippen LogP contribution in [0.25, 0.3) is 0 Å². The van der Waals surface area contributed by atoms with Gasteiger partial charge in [0.2, 0.25) is 0 Å². The number of nitrogens with zero attached hydrogens (tertiary/aromatic N) is 1. The van der Waals surface area contributed by atoms with E-state index in [1.54, 1.807) is 18.2 Å². The summed E-state index contributed by atoms with van der Waals surface area (Å²) in [5.41, 5.74) is 3.11. The van der Waals surface area contributed by atoms with Gasteiger partial charge in [0.05, 0.1) is 6.61 Å². The van der Waals surface area contributed by atoms with Crippen molar-refractivity contribution in [2.24, 2.45) is 5.41 Å². The summed E-state index contributed by atoms with van der Waals surface area (Å²) in [4.78, 5) is 14.1. The molecule has 4 rings (SSSR count). The molecule has 1 saturated carbocycles. The summed E-state index contributed by atoms with van der Waals surface area (Å²) in [7, 11) is 0. The number of aromatic carboxylic acids is 1. The molecule has 1 aliphatic heterocycles. The summed E-state index contributed by atoms with van der Waals surface area (Å²) in [5, 5.41) is 13.1. The van der Waals surface area contributed by atoms with Crippen LogP contribution in [0.2, 0.25) is 0 Å². The lowest BCUT2D eigenvalue weighted by atomic mass is 9.69. The van der Waals surface area contributed by atoms with Crippen molar-refractivity contribution in [3.05, 3.63) is 59.7 Å². The van der Waals surface area contributed by atoms with E-state index >= 15 is 0 Å². The Morgan fingerprint density at radius 3 is 2.44 bits per heavy atom. The van der Waals surface area contributed by atoms with Crippen molar-refractivity contribution in [2.45, 2.75) is 70.8 Å². The first kappa shape index (κ1) is 24.6. The second-order valence-electron chi connectivity index (χ2n) is 10.3. The zero-order valence-electron chi connectivity index (χ0n) is 20.6. The van der Waals surface area contributed by atoms with Crippen LogP contribution in [0.1, 0.15) is 73.7 Å². The lowest BCUT2D eigenvalue weighted by Gasteiger charge is -2.40. The number of carboxylic acid groups (broad SMARTS) is 1. The third-order valence-electron chi connectivity index (χ3n) is 7.89. The van der Waals surface area contributed by atoms with Crippen LogP contribution in [-0.2, 0) is 0 Å². The molecule has 0 amide bonds. The number of carboxylic acids is 1. The van der Waals surface area contributed by atoms with Gasteiger partial charge in [0.15, 0.2) is 0 Å². The van der Waals surface area contributed by atoms with Gasteiger partial charge < -0.3 is 20.1 Å². The van der Waals surface area contributed by atoms with E-state index in [2.05, 4.69) is 41.4 Å². The summed E-state index contributed by atoms with van der Waals surface area (Å²) in [6, 6.07) is 16.3. The first-order chi connectivity index (χ1) is 16.5. The summed E-state index contributed by atoms with van der Waals surface area (Å²) in [5.74, 6) is -0.438. The Bertz CT molecular complexity index is 913. The maximum Gasteiger partial charge on any atom is 0.339 e. The number of carbonyl (C=O) groups is 1. The molecule has 2 N–H and O–H groups in total. The highest BCUT2D eigenvalue weighted by Crippen LogP contribution is 2.42. The zero-order valence-corrected chi connectivity index (χ0v) is 20.6. The molecule has 1 saturated heterocycles. The fourth-order valence-electron chi connectivity index (χ4n) is 5.66. The monoisotopic (exact) mass is 464 g/mol. The minimum atomic E-state index is -0.928. The summed E-state index contributed by atoms with van der Waals surface area (Å²) in [6.45, 7) is 6.18. The minimum Gasteiger partial charge on any atom is -0.493 e. The van der Waals surface area contributed by atoms with Gasteiger partial charge in [0.1, 0.15) is 11.3 Å². The van der Waals surface area contributed by atoms with Crippen LogP contribution in [0.5, 0.6) is 5.75 Å². The third-order valence-corrected chi connectivity index (χ3v) is 7.89. The number of likely N-dealkylation sites (tertiary alicyclic amines) is 1. The fourth-order valence-corrected chi connectivity index (χ4v) is 5.66. The molecule has 184 valence electrons. The van der Waals surface area contributed by atoms with Crippen LogP contribution in [0, 0.1) is 12.3 Å². The molecule has 2 aliphatic rings. The van der Waals surface area contributed by atoms with Crippen LogP contribution >= 0.6 is 0 Å². The maximum atomic E-state index is 11.5. The Hall–Kier alpha value is -2.53. The van der Waals surface area contributed by atoms with Gasteiger partial charge in [-0.15, -0.1) is 0 Å². The van der Waals surface area contributed by atoms with E-state index in [-0.39, 0.29) is 5.56 Å². The van der Waals surface area contributed by atoms with Gasteiger partial charge >= 0.3 is 5.97 Å². The van der Waals surface area contributed by atoms with Gasteiger partial charge in [-0.2, -0.15) is 0 Å². The smallest absolute Gasteiger partial charge is 0.339 e. The highest BCUT2D eigenvalue weighted by atomic mass is 16.5. The average molecular weight is 465 g/mol. The zero-order chi connectivity index (χ0) is 23.8.